The van der Waals surface area contributed by atoms with Crippen molar-refractivity contribution in [2.75, 3.05) is 6.54 Å². The number of aromatic nitrogens is 1. The van der Waals surface area contributed by atoms with E-state index in [1.165, 1.54) is 19.1 Å². The van der Waals surface area contributed by atoms with Gasteiger partial charge in [-0.15, -0.1) is 0 Å². The molecule has 0 spiro atoms. The molecule has 11 nitrogen and oxygen atoms in total. The summed E-state index contributed by atoms with van der Waals surface area (Å²) in [5.74, 6) is -0.699. The highest BCUT2D eigenvalue weighted by atomic mass is 16.6. The van der Waals surface area contributed by atoms with Gasteiger partial charge in [0, 0.05) is 25.1 Å². The normalized spacial score (nSPS) is 22.2. The van der Waals surface area contributed by atoms with Gasteiger partial charge in [0.1, 0.15) is 0 Å². The molecule has 3 aromatic rings. The van der Waals surface area contributed by atoms with Crippen molar-refractivity contribution in [3.05, 3.63) is 96.9 Å². The molecule has 0 N–H and O–H groups in total. The summed E-state index contributed by atoms with van der Waals surface area (Å²) in [4.78, 5) is 35.2. The molecule has 0 radical (unpaired) electrons. The molecular formula is C23H21N5O6. The lowest BCUT2D eigenvalue weighted by Crippen LogP contribution is -2.35. The molecule has 34 heavy (non-hydrogen) atoms. The summed E-state index contributed by atoms with van der Waals surface area (Å²) in [5.41, 5.74) is 2.40. The van der Waals surface area contributed by atoms with Gasteiger partial charge in [0.05, 0.1) is 27.8 Å². The fraction of sp³-hybridized carbons (Fsp3) is 0.304. The standard InChI is InChI=1S/C23H21N5O6/c1-13-3-5-15(6-4-13)21-19(23-20(28(32)33)14(2)24-34-23)22(26-18(29)11-12-25(21)26)16-7-9-17(10-8-16)27(30)31/h3-10,19,21-22H,11-12H2,1-2H3. The average molecular weight is 463 g/mol. The Kier molecular flexibility index (Phi) is 5.13. The van der Waals surface area contributed by atoms with Crippen LogP contribution in [0.1, 0.15) is 52.6 Å². The monoisotopic (exact) mass is 463 g/mol. The summed E-state index contributed by atoms with van der Waals surface area (Å²) in [6, 6.07) is 12.6. The Morgan fingerprint density at radius 3 is 2.18 bits per heavy atom. The van der Waals surface area contributed by atoms with Crippen LogP contribution < -0.4 is 0 Å². The van der Waals surface area contributed by atoms with E-state index in [1.807, 2.05) is 36.2 Å². The number of nitro benzene ring substituents is 1. The second-order valence-corrected chi connectivity index (χ2v) is 8.56. The zero-order valence-corrected chi connectivity index (χ0v) is 18.5. The summed E-state index contributed by atoms with van der Waals surface area (Å²) < 4.78 is 5.57. The molecule has 174 valence electrons. The SMILES string of the molecule is Cc1ccc(C2C(c3onc(C)c3[N+](=O)[O-])C(c3ccc([N+](=O)[O-])cc3)N3C(=O)CCN23)cc1. The molecule has 2 aliphatic heterocycles. The maximum Gasteiger partial charge on any atom is 0.334 e. The lowest BCUT2D eigenvalue weighted by molar-refractivity contribution is -0.386. The quantitative estimate of drug-likeness (QED) is 0.407. The average Bonchev–Trinajstić information content (AvgIpc) is 3.47. The third kappa shape index (κ3) is 3.32. The largest absolute Gasteiger partial charge is 0.353 e. The number of non-ortho nitro benzene ring substituents is 1. The molecule has 2 aliphatic rings. The first-order chi connectivity index (χ1) is 16.3. The highest BCUT2D eigenvalue weighted by molar-refractivity contribution is 5.79. The first kappa shape index (κ1) is 21.7. The Hall–Kier alpha value is -4.12. The zero-order chi connectivity index (χ0) is 24.1. The smallest absolute Gasteiger partial charge is 0.334 e. The van der Waals surface area contributed by atoms with Crippen molar-refractivity contribution in [3.8, 4) is 0 Å². The molecule has 11 heteroatoms. The minimum atomic E-state index is -0.659. The molecule has 3 unspecified atom stereocenters. The zero-order valence-electron chi connectivity index (χ0n) is 18.5. The number of fused-ring (bicyclic) bond motifs is 1. The van der Waals surface area contributed by atoms with E-state index in [1.54, 1.807) is 17.1 Å². The van der Waals surface area contributed by atoms with Crippen LogP contribution in [-0.4, -0.2) is 37.5 Å². The van der Waals surface area contributed by atoms with Crippen molar-refractivity contribution in [1.29, 1.82) is 0 Å². The number of carbonyl (C=O) groups excluding carboxylic acids is 1. The van der Waals surface area contributed by atoms with Crippen molar-refractivity contribution < 1.29 is 19.2 Å². The van der Waals surface area contributed by atoms with E-state index in [0.29, 0.717) is 18.5 Å². The maximum absolute atomic E-state index is 13.0. The van der Waals surface area contributed by atoms with Crippen LogP contribution in [0.3, 0.4) is 0 Å². The predicted molar refractivity (Wildman–Crippen MR) is 119 cm³/mol. The second kappa shape index (κ2) is 8.03. The van der Waals surface area contributed by atoms with Crippen LogP contribution in [0.15, 0.2) is 53.1 Å². The molecule has 2 saturated heterocycles. The van der Waals surface area contributed by atoms with Crippen LogP contribution in [0.5, 0.6) is 0 Å². The highest BCUT2D eigenvalue weighted by Gasteiger charge is 2.57. The lowest BCUT2D eigenvalue weighted by atomic mass is 9.82. The molecule has 0 saturated carbocycles. The van der Waals surface area contributed by atoms with Crippen LogP contribution in [0, 0.1) is 34.1 Å². The van der Waals surface area contributed by atoms with Gasteiger partial charge in [0.25, 0.3) is 5.69 Å². The predicted octanol–water partition coefficient (Wildman–Crippen LogP) is 4.14. The van der Waals surface area contributed by atoms with Crippen LogP contribution >= 0.6 is 0 Å². The third-order valence-electron chi connectivity index (χ3n) is 6.56. The van der Waals surface area contributed by atoms with Crippen LogP contribution in [0.2, 0.25) is 0 Å². The minimum Gasteiger partial charge on any atom is -0.353 e. The Bertz CT molecular complexity index is 1290. The molecule has 2 aromatic carbocycles. The number of hydrogen-bond acceptors (Lipinski definition) is 8. The number of amides is 1. The molecule has 0 aliphatic carbocycles. The van der Waals surface area contributed by atoms with Gasteiger partial charge in [-0.1, -0.05) is 47.1 Å². The number of carbonyl (C=O) groups is 1. The number of rotatable bonds is 5. The minimum absolute atomic E-state index is 0.0821. The molecule has 3 heterocycles. The fourth-order valence-electron chi connectivity index (χ4n) is 5.07. The maximum atomic E-state index is 13.0. The molecule has 2 fully saturated rings. The van der Waals surface area contributed by atoms with Gasteiger partial charge in [-0.05, 0) is 25.0 Å². The van der Waals surface area contributed by atoms with Gasteiger partial charge in [0.2, 0.25) is 11.7 Å². The van der Waals surface area contributed by atoms with Gasteiger partial charge in [-0.2, -0.15) is 0 Å². The Balaban J connectivity index is 1.73. The number of nitro groups is 2. The Morgan fingerprint density at radius 1 is 0.941 bits per heavy atom. The molecule has 3 atom stereocenters. The first-order valence-corrected chi connectivity index (χ1v) is 10.8. The number of hydrazine groups is 1. The third-order valence-corrected chi connectivity index (χ3v) is 6.56. The van der Waals surface area contributed by atoms with Gasteiger partial charge in [-0.3, -0.25) is 30.0 Å². The summed E-state index contributed by atoms with van der Waals surface area (Å²) in [6.45, 7) is 3.92. The number of hydrogen-bond donors (Lipinski definition) is 0. The summed E-state index contributed by atoms with van der Waals surface area (Å²) >= 11 is 0. The number of aryl methyl sites for hydroxylation is 2. The Labute approximate surface area is 193 Å². The van der Waals surface area contributed by atoms with Crippen LogP contribution in [0.25, 0.3) is 0 Å². The number of nitrogens with zero attached hydrogens (tertiary/aromatic N) is 5. The molecular weight excluding hydrogens is 442 g/mol. The highest BCUT2D eigenvalue weighted by Crippen LogP contribution is 2.57. The van der Waals surface area contributed by atoms with Gasteiger partial charge in [-0.25, -0.2) is 5.01 Å². The van der Waals surface area contributed by atoms with E-state index in [4.69, 9.17) is 4.52 Å². The fourth-order valence-corrected chi connectivity index (χ4v) is 5.07. The summed E-state index contributed by atoms with van der Waals surface area (Å²) in [7, 11) is 0. The van der Waals surface area contributed by atoms with E-state index in [9.17, 15) is 25.0 Å². The summed E-state index contributed by atoms with van der Waals surface area (Å²) in [6.07, 6.45) is 0.302. The molecule has 0 bridgehead atoms. The first-order valence-electron chi connectivity index (χ1n) is 10.8. The molecule has 1 amide bonds. The van der Waals surface area contributed by atoms with Gasteiger partial charge in [0.15, 0.2) is 5.69 Å². The van der Waals surface area contributed by atoms with E-state index >= 15 is 0 Å². The van der Waals surface area contributed by atoms with Crippen molar-refractivity contribution >= 4 is 17.3 Å². The van der Waals surface area contributed by atoms with E-state index in [0.717, 1.165) is 11.1 Å². The Morgan fingerprint density at radius 2 is 1.56 bits per heavy atom. The molecule has 5 rings (SSSR count). The van der Waals surface area contributed by atoms with E-state index in [2.05, 4.69) is 5.16 Å². The van der Waals surface area contributed by atoms with Crippen LogP contribution in [-0.2, 0) is 4.79 Å². The summed E-state index contributed by atoms with van der Waals surface area (Å²) in [5, 5.41) is 30.6. The van der Waals surface area contributed by atoms with Gasteiger partial charge < -0.3 is 4.52 Å². The van der Waals surface area contributed by atoms with Crippen LogP contribution in [0.4, 0.5) is 11.4 Å². The van der Waals surface area contributed by atoms with Crippen molar-refractivity contribution in [1.82, 2.24) is 15.2 Å². The topological polar surface area (TPSA) is 136 Å². The van der Waals surface area contributed by atoms with Gasteiger partial charge >= 0.3 is 5.69 Å². The van der Waals surface area contributed by atoms with E-state index in [-0.39, 0.29) is 28.7 Å². The van der Waals surface area contributed by atoms with Crippen molar-refractivity contribution in [2.24, 2.45) is 0 Å². The lowest BCUT2D eigenvalue weighted by Gasteiger charge is -2.27. The molecule has 1 aromatic heterocycles. The van der Waals surface area contributed by atoms with Crippen molar-refractivity contribution in [3.63, 3.8) is 0 Å². The number of benzene rings is 2. The van der Waals surface area contributed by atoms with Crippen molar-refractivity contribution in [2.45, 2.75) is 38.3 Å². The van der Waals surface area contributed by atoms with E-state index < -0.39 is 27.8 Å². The second-order valence-electron chi connectivity index (χ2n) is 8.56.